The first-order valence-electron chi connectivity index (χ1n) is 12.8. The summed E-state index contributed by atoms with van der Waals surface area (Å²) < 4.78 is 14.7. The lowest BCUT2D eigenvalue weighted by Gasteiger charge is -2.28. The number of aliphatic hydroxyl groups is 2. The molecule has 1 aromatic carbocycles. The molecule has 202 valence electrons. The molecule has 1 saturated heterocycles. The number of nitrogens with one attached hydrogen (secondary N) is 2. The quantitative estimate of drug-likeness (QED) is 0.252. The third kappa shape index (κ3) is 4.05. The van der Waals surface area contributed by atoms with Crippen molar-refractivity contribution in [1.29, 1.82) is 0 Å². The van der Waals surface area contributed by atoms with Crippen molar-refractivity contribution < 1.29 is 24.5 Å². The number of fused-ring (bicyclic) bond motifs is 4. The molecule has 0 amide bonds. The zero-order valence-corrected chi connectivity index (χ0v) is 21.6. The molecule has 10 nitrogen and oxygen atoms in total. The van der Waals surface area contributed by atoms with Gasteiger partial charge in [0.1, 0.15) is 23.4 Å². The molecule has 2 unspecified atom stereocenters. The number of benzene rings is 1. The van der Waals surface area contributed by atoms with Crippen molar-refractivity contribution in [3.8, 4) is 11.1 Å². The molecule has 2 atom stereocenters. The van der Waals surface area contributed by atoms with E-state index in [9.17, 15) is 24.5 Å². The number of aromatic nitrogens is 3. The van der Waals surface area contributed by atoms with E-state index in [1.54, 1.807) is 37.5 Å². The smallest absolute Gasteiger partial charge is 0.336 e. The van der Waals surface area contributed by atoms with E-state index >= 15 is 0 Å². The third-order valence-electron chi connectivity index (χ3n) is 7.79. The van der Waals surface area contributed by atoms with Crippen LogP contribution in [0.15, 0.2) is 42.4 Å². The van der Waals surface area contributed by atoms with Crippen molar-refractivity contribution in [2.24, 2.45) is 5.92 Å². The molecule has 0 spiro atoms. The number of halogens is 1. The number of nitrogens with zero attached hydrogens (tertiary/aromatic N) is 4. The van der Waals surface area contributed by atoms with Gasteiger partial charge in [0.05, 0.1) is 27.9 Å². The van der Waals surface area contributed by atoms with Gasteiger partial charge < -0.3 is 35.4 Å². The van der Waals surface area contributed by atoms with E-state index in [2.05, 4.69) is 20.2 Å². The number of H-pyrrole nitrogens is 1. The SMILES string of the molecule is CNc1cc(F)cc2c1[nH]c1ncc(-c3cnc4c(c3)C(O)C(C(=O)O)=CN4C)c(N3CCC(CCO)C3)c12. The summed E-state index contributed by atoms with van der Waals surface area (Å²) in [6.45, 7) is 1.57. The number of carboxylic acid groups (broad SMARTS) is 1. The molecule has 2 aliphatic heterocycles. The average Bonchev–Trinajstić information content (AvgIpc) is 3.54. The van der Waals surface area contributed by atoms with Gasteiger partial charge in [-0.3, -0.25) is 0 Å². The minimum atomic E-state index is -1.35. The molecule has 0 radical (unpaired) electrons. The van der Waals surface area contributed by atoms with Gasteiger partial charge in [-0.2, -0.15) is 0 Å². The Kier molecular flexibility index (Phi) is 6.12. The number of hydrogen-bond donors (Lipinski definition) is 5. The number of rotatable bonds is 6. The van der Waals surface area contributed by atoms with Crippen LogP contribution in [0.1, 0.15) is 24.5 Å². The Morgan fingerprint density at radius 1 is 1.26 bits per heavy atom. The van der Waals surface area contributed by atoms with E-state index in [1.807, 2.05) is 0 Å². The maximum Gasteiger partial charge on any atom is 0.336 e. The molecule has 0 saturated carbocycles. The summed E-state index contributed by atoms with van der Waals surface area (Å²) in [7, 11) is 3.42. The van der Waals surface area contributed by atoms with E-state index < -0.39 is 12.1 Å². The first kappa shape index (κ1) is 25.1. The summed E-state index contributed by atoms with van der Waals surface area (Å²) in [6.07, 6.45) is 5.03. The Bertz CT molecular complexity index is 1650. The van der Waals surface area contributed by atoms with E-state index in [0.717, 1.165) is 35.1 Å². The number of pyridine rings is 2. The van der Waals surface area contributed by atoms with Crippen LogP contribution in [0.3, 0.4) is 0 Å². The Hall–Kier alpha value is -4.22. The van der Waals surface area contributed by atoms with E-state index in [-0.39, 0.29) is 18.0 Å². The number of aliphatic carboxylic acids is 1. The van der Waals surface area contributed by atoms with Crippen LogP contribution in [0.2, 0.25) is 0 Å². The highest BCUT2D eigenvalue weighted by atomic mass is 19.1. The lowest BCUT2D eigenvalue weighted by Crippen LogP contribution is -2.25. The van der Waals surface area contributed by atoms with Crippen LogP contribution in [0.4, 0.5) is 21.6 Å². The summed E-state index contributed by atoms with van der Waals surface area (Å²) >= 11 is 0. The van der Waals surface area contributed by atoms with Gasteiger partial charge in [0.2, 0.25) is 0 Å². The summed E-state index contributed by atoms with van der Waals surface area (Å²) in [5, 5.41) is 34.6. The molecule has 11 heteroatoms. The average molecular weight is 533 g/mol. The standard InChI is InChI=1S/C28H29FN6O4/c1-30-21-9-16(29)8-17-22-24(35-5-3-14(12-35)4-6-36)19(11-31-26(22)33-23(17)21)15-7-18-25(37)20(28(38)39)13-34(2)27(18)32-10-15/h7-11,13-14,25,30,36-37H,3-6,12H2,1-2H3,(H,31,33)(H,38,39). The van der Waals surface area contributed by atoms with Gasteiger partial charge >= 0.3 is 5.97 Å². The first-order chi connectivity index (χ1) is 18.8. The van der Waals surface area contributed by atoms with Crippen molar-refractivity contribution >= 4 is 45.1 Å². The number of carbonyl (C=O) groups is 1. The molecular formula is C28H29FN6O4. The van der Waals surface area contributed by atoms with Crippen LogP contribution in [-0.4, -0.2) is 70.0 Å². The maximum absolute atomic E-state index is 14.7. The molecule has 5 heterocycles. The number of hydrogen-bond acceptors (Lipinski definition) is 8. The van der Waals surface area contributed by atoms with Gasteiger partial charge in [-0.15, -0.1) is 0 Å². The highest BCUT2D eigenvalue weighted by molar-refractivity contribution is 6.17. The molecule has 2 aliphatic rings. The van der Waals surface area contributed by atoms with E-state index in [0.29, 0.717) is 52.5 Å². The van der Waals surface area contributed by atoms with Crippen molar-refractivity contribution in [3.63, 3.8) is 0 Å². The van der Waals surface area contributed by atoms with Crippen LogP contribution in [0.5, 0.6) is 0 Å². The Morgan fingerprint density at radius 2 is 2.08 bits per heavy atom. The fourth-order valence-corrected chi connectivity index (χ4v) is 5.90. The third-order valence-corrected chi connectivity index (χ3v) is 7.79. The van der Waals surface area contributed by atoms with Crippen LogP contribution >= 0.6 is 0 Å². The summed E-state index contributed by atoms with van der Waals surface area (Å²) in [4.78, 5) is 28.2. The zero-order valence-electron chi connectivity index (χ0n) is 21.6. The molecule has 3 aromatic heterocycles. The van der Waals surface area contributed by atoms with E-state index in [4.69, 9.17) is 4.98 Å². The predicted octanol–water partition coefficient (Wildman–Crippen LogP) is 3.62. The highest BCUT2D eigenvalue weighted by Crippen LogP contribution is 2.45. The molecule has 4 aromatic rings. The van der Waals surface area contributed by atoms with Crippen LogP contribution < -0.4 is 15.1 Å². The second-order valence-electron chi connectivity index (χ2n) is 10.1. The highest BCUT2D eigenvalue weighted by Gasteiger charge is 2.32. The fraction of sp³-hybridized carbons (Fsp3) is 0.321. The number of carboxylic acids is 1. The summed E-state index contributed by atoms with van der Waals surface area (Å²) in [5.41, 5.74) is 4.44. The molecule has 6 rings (SSSR count). The molecule has 0 aliphatic carbocycles. The van der Waals surface area contributed by atoms with Gasteiger partial charge in [-0.25, -0.2) is 19.2 Å². The lowest BCUT2D eigenvalue weighted by molar-refractivity contribution is -0.133. The number of anilines is 3. The number of aliphatic hydroxyl groups excluding tert-OH is 2. The van der Waals surface area contributed by atoms with Crippen molar-refractivity contribution in [2.75, 3.05) is 48.9 Å². The summed E-state index contributed by atoms with van der Waals surface area (Å²) in [6, 6.07) is 4.69. The Balaban J connectivity index is 1.59. The molecule has 1 fully saturated rings. The monoisotopic (exact) mass is 532 g/mol. The van der Waals surface area contributed by atoms with Crippen LogP contribution in [0.25, 0.3) is 33.1 Å². The summed E-state index contributed by atoms with van der Waals surface area (Å²) in [5.74, 6) is -0.814. The topological polar surface area (TPSA) is 138 Å². The second-order valence-corrected chi connectivity index (χ2v) is 10.1. The largest absolute Gasteiger partial charge is 0.478 e. The maximum atomic E-state index is 14.7. The van der Waals surface area contributed by atoms with Gasteiger partial charge in [-0.1, -0.05) is 0 Å². The minimum Gasteiger partial charge on any atom is -0.478 e. The van der Waals surface area contributed by atoms with Crippen LogP contribution in [0, 0.1) is 11.7 Å². The predicted molar refractivity (Wildman–Crippen MR) is 147 cm³/mol. The van der Waals surface area contributed by atoms with Crippen molar-refractivity contribution in [3.05, 3.63) is 53.7 Å². The van der Waals surface area contributed by atoms with Crippen LogP contribution in [-0.2, 0) is 4.79 Å². The number of aromatic amines is 1. The van der Waals surface area contributed by atoms with Gasteiger partial charge in [0, 0.05) is 74.5 Å². The molecular weight excluding hydrogens is 503 g/mol. The van der Waals surface area contributed by atoms with Gasteiger partial charge in [0.25, 0.3) is 0 Å². The minimum absolute atomic E-state index is 0.112. The Labute approximate surface area is 223 Å². The molecule has 39 heavy (non-hydrogen) atoms. The normalized spacial score (nSPS) is 19.1. The van der Waals surface area contributed by atoms with Gasteiger partial charge in [0.15, 0.2) is 0 Å². The van der Waals surface area contributed by atoms with E-state index in [1.165, 1.54) is 18.3 Å². The zero-order chi connectivity index (χ0) is 27.4. The molecule has 5 N–H and O–H groups in total. The lowest BCUT2D eigenvalue weighted by atomic mass is 9.95. The van der Waals surface area contributed by atoms with Crippen molar-refractivity contribution in [1.82, 2.24) is 15.0 Å². The molecule has 0 bridgehead atoms. The Morgan fingerprint density at radius 3 is 2.82 bits per heavy atom. The second kappa shape index (κ2) is 9.51. The van der Waals surface area contributed by atoms with Gasteiger partial charge in [-0.05, 0) is 37.0 Å². The fourth-order valence-electron chi connectivity index (χ4n) is 5.90. The first-order valence-corrected chi connectivity index (χ1v) is 12.8. The van der Waals surface area contributed by atoms with Crippen molar-refractivity contribution in [2.45, 2.75) is 18.9 Å².